The van der Waals surface area contributed by atoms with Gasteiger partial charge in [0.25, 0.3) is 10.0 Å². The zero-order chi connectivity index (χ0) is 19.2. The van der Waals surface area contributed by atoms with Crippen LogP contribution in [0.4, 0.5) is 5.69 Å². The van der Waals surface area contributed by atoms with E-state index in [0.29, 0.717) is 17.3 Å². The molecule has 0 saturated carbocycles. The van der Waals surface area contributed by atoms with Gasteiger partial charge in [-0.15, -0.1) is 0 Å². The number of ether oxygens (including phenoxy) is 1. The van der Waals surface area contributed by atoms with Crippen molar-refractivity contribution in [1.82, 2.24) is 4.90 Å². The molecule has 2 aromatic rings. The largest absolute Gasteiger partial charge is 0.494 e. The van der Waals surface area contributed by atoms with Gasteiger partial charge in [0.2, 0.25) is 0 Å². The fourth-order valence-corrected chi connectivity index (χ4v) is 6.08. The first-order valence-electron chi connectivity index (χ1n) is 9.48. The van der Waals surface area contributed by atoms with Gasteiger partial charge in [-0.25, -0.2) is 8.42 Å². The summed E-state index contributed by atoms with van der Waals surface area (Å²) in [5.74, 6) is 0.905. The normalized spacial score (nSPS) is 22.4. The molecule has 0 bridgehead atoms. The maximum Gasteiger partial charge on any atom is 0.264 e. The number of likely N-dealkylation sites (tertiary alicyclic amines) is 1. The van der Waals surface area contributed by atoms with Gasteiger partial charge in [0.1, 0.15) is 5.75 Å². The molecule has 0 spiro atoms. The Kier molecular flexibility index (Phi) is 4.64. The highest BCUT2D eigenvalue weighted by atomic mass is 32.2. The van der Waals surface area contributed by atoms with E-state index in [2.05, 4.69) is 24.9 Å². The molecule has 2 aromatic carbocycles. The Morgan fingerprint density at radius 1 is 1.15 bits per heavy atom. The average Bonchev–Trinajstić information content (AvgIpc) is 2.96. The van der Waals surface area contributed by atoms with Crippen LogP contribution in [0.2, 0.25) is 0 Å². The molecule has 5 nitrogen and oxygen atoms in total. The van der Waals surface area contributed by atoms with Gasteiger partial charge < -0.3 is 9.64 Å². The molecule has 0 unspecified atom stereocenters. The second kappa shape index (κ2) is 6.84. The minimum Gasteiger partial charge on any atom is -0.494 e. The topological polar surface area (TPSA) is 49.9 Å². The van der Waals surface area contributed by atoms with E-state index in [-0.39, 0.29) is 12.0 Å². The molecule has 2 aliphatic rings. The fraction of sp³-hybridized carbons (Fsp3) is 0.429. The summed E-state index contributed by atoms with van der Waals surface area (Å²) >= 11 is 0. The van der Waals surface area contributed by atoms with Crippen LogP contribution in [-0.4, -0.2) is 46.1 Å². The fourth-order valence-electron chi connectivity index (χ4n) is 4.33. The highest BCUT2D eigenvalue weighted by Crippen LogP contribution is 2.47. The molecule has 144 valence electrons. The SMILES string of the molecule is CCOc1ccc(S(=O)(=O)N2c3ccc(C)cc3[C@H]3CN(C)CC[C@@H]32)cc1. The zero-order valence-corrected chi connectivity index (χ0v) is 16.9. The van der Waals surface area contributed by atoms with E-state index in [9.17, 15) is 8.42 Å². The number of benzene rings is 2. The van der Waals surface area contributed by atoms with Crippen LogP contribution in [0.1, 0.15) is 30.4 Å². The van der Waals surface area contributed by atoms with Crippen LogP contribution in [0, 0.1) is 6.92 Å². The van der Waals surface area contributed by atoms with Crippen molar-refractivity contribution in [3.8, 4) is 5.75 Å². The van der Waals surface area contributed by atoms with Crippen LogP contribution in [-0.2, 0) is 10.0 Å². The highest BCUT2D eigenvalue weighted by molar-refractivity contribution is 7.92. The van der Waals surface area contributed by atoms with Gasteiger partial charge in [-0.05, 0) is 69.8 Å². The molecule has 2 atom stereocenters. The lowest BCUT2D eigenvalue weighted by atomic mass is 9.89. The van der Waals surface area contributed by atoms with E-state index >= 15 is 0 Å². The molecule has 1 fully saturated rings. The summed E-state index contributed by atoms with van der Waals surface area (Å²) < 4.78 is 34.2. The minimum atomic E-state index is -3.63. The van der Waals surface area contributed by atoms with Crippen molar-refractivity contribution >= 4 is 15.7 Å². The van der Waals surface area contributed by atoms with Crippen molar-refractivity contribution in [2.24, 2.45) is 0 Å². The molecule has 0 amide bonds. The Morgan fingerprint density at radius 2 is 1.89 bits per heavy atom. The Hall–Kier alpha value is -2.05. The molecule has 2 heterocycles. The van der Waals surface area contributed by atoms with Crippen LogP contribution in [0.5, 0.6) is 5.75 Å². The van der Waals surface area contributed by atoms with Crippen LogP contribution in [0.25, 0.3) is 0 Å². The van der Waals surface area contributed by atoms with Crippen molar-refractivity contribution in [3.05, 3.63) is 53.6 Å². The highest BCUT2D eigenvalue weighted by Gasteiger charge is 2.46. The van der Waals surface area contributed by atoms with Gasteiger partial charge in [-0.1, -0.05) is 17.7 Å². The number of hydrogen-bond acceptors (Lipinski definition) is 4. The maximum atomic E-state index is 13.6. The molecule has 0 radical (unpaired) electrons. The van der Waals surface area contributed by atoms with Crippen molar-refractivity contribution in [2.45, 2.75) is 37.1 Å². The zero-order valence-electron chi connectivity index (χ0n) is 16.1. The first kappa shape index (κ1) is 18.3. The summed E-state index contributed by atoms with van der Waals surface area (Å²) in [5, 5.41) is 0. The van der Waals surface area contributed by atoms with Gasteiger partial charge in [-0.3, -0.25) is 4.31 Å². The first-order valence-corrected chi connectivity index (χ1v) is 10.9. The number of anilines is 1. The van der Waals surface area contributed by atoms with Crippen molar-refractivity contribution < 1.29 is 13.2 Å². The number of aryl methyl sites for hydroxylation is 1. The molecule has 0 aliphatic carbocycles. The van der Waals surface area contributed by atoms with E-state index < -0.39 is 10.0 Å². The first-order chi connectivity index (χ1) is 12.9. The number of fused-ring (bicyclic) bond motifs is 3. The summed E-state index contributed by atoms with van der Waals surface area (Å²) in [5.41, 5.74) is 3.15. The van der Waals surface area contributed by atoms with Crippen LogP contribution < -0.4 is 9.04 Å². The van der Waals surface area contributed by atoms with E-state index in [1.54, 1.807) is 28.6 Å². The summed E-state index contributed by atoms with van der Waals surface area (Å²) in [7, 11) is -1.52. The van der Waals surface area contributed by atoms with Gasteiger partial charge in [0, 0.05) is 12.5 Å². The van der Waals surface area contributed by atoms with Gasteiger partial charge >= 0.3 is 0 Å². The third-order valence-corrected chi connectivity index (χ3v) is 7.45. The number of sulfonamides is 1. The van der Waals surface area contributed by atoms with Crippen LogP contribution in [0.3, 0.4) is 0 Å². The Balaban J connectivity index is 1.77. The Labute approximate surface area is 161 Å². The van der Waals surface area contributed by atoms with E-state index in [0.717, 1.165) is 30.8 Å². The van der Waals surface area contributed by atoms with Crippen LogP contribution in [0.15, 0.2) is 47.4 Å². The molecular formula is C21H26N2O3S. The quantitative estimate of drug-likeness (QED) is 0.808. The van der Waals surface area contributed by atoms with E-state index in [4.69, 9.17) is 4.74 Å². The predicted molar refractivity (Wildman–Crippen MR) is 107 cm³/mol. The van der Waals surface area contributed by atoms with Gasteiger partial charge in [0.15, 0.2) is 0 Å². The third-order valence-electron chi connectivity index (χ3n) is 5.59. The molecule has 0 aromatic heterocycles. The molecule has 1 saturated heterocycles. The number of nitrogens with zero attached hydrogens (tertiary/aromatic N) is 2. The van der Waals surface area contributed by atoms with Crippen molar-refractivity contribution in [3.63, 3.8) is 0 Å². The van der Waals surface area contributed by atoms with Crippen molar-refractivity contribution in [1.29, 1.82) is 0 Å². The van der Waals surface area contributed by atoms with E-state index in [1.165, 1.54) is 5.56 Å². The maximum absolute atomic E-state index is 13.6. The number of hydrogen-bond donors (Lipinski definition) is 0. The monoisotopic (exact) mass is 386 g/mol. The Bertz CT molecular complexity index is 940. The Morgan fingerprint density at radius 3 is 2.59 bits per heavy atom. The average molecular weight is 387 g/mol. The van der Waals surface area contributed by atoms with Crippen molar-refractivity contribution in [2.75, 3.05) is 31.0 Å². The van der Waals surface area contributed by atoms with Gasteiger partial charge in [-0.2, -0.15) is 0 Å². The summed E-state index contributed by atoms with van der Waals surface area (Å²) in [6.45, 7) is 6.32. The second-order valence-corrected chi connectivity index (χ2v) is 9.31. The van der Waals surface area contributed by atoms with Crippen LogP contribution >= 0.6 is 0 Å². The van der Waals surface area contributed by atoms with E-state index in [1.807, 2.05) is 19.1 Å². The lowest BCUT2D eigenvalue weighted by Crippen LogP contribution is -2.47. The molecule has 27 heavy (non-hydrogen) atoms. The summed E-state index contributed by atoms with van der Waals surface area (Å²) in [4.78, 5) is 2.61. The standard InChI is InChI=1S/C21H26N2O3S/c1-4-26-16-6-8-17(9-7-16)27(24,25)23-20-10-5-15(2)13-18(20)19-14-22(3)12-11-21(19)23/h5-10,13,19,21H,4,11-12,14H2,1-3H3/t19-,21+/m1/s1. The molecular weight excluding hydrogens is 360 g/mol. The smallest absolute Gasteiger partial charge is 0.264 e. The molecule has 2 aliphatic heterocycles. The third kappa shape index (κ3) is 3.11. The summed E-state index contributed by atoms with van der Waals surface area (Å²) in [6, 6.07) is 12.9. The number of piperidine rings is 1. The lowest BCUT2D eigenvalue weighted by molar-refractivity contribution is 0.237. The lowest BCUT2D eigenvalue weighted by Gasteiger charge is -2.36. The molecule has 0 N–H and O–H groups in total. The number of rotatable bonds is 4. The number of likely N-dealkylation sites (N-methyl/N-ethyl adjacent to an activating group) is 1. The molecule has 4 rings (SSSR count). The molecule has 6 heteroatoms. The second-order valence-electron chi connectivity index (χ2n) is 7.49. The predicted octanol–water partition coefficient (Wildman–Crippen LogP) is 3.39. The minimum absolute atomic E-state index is 0.0189. The summed E-state index contributed by atoms with van der Waals surface area (Å²) in [6.07, 6.45) is 0.838. The van der Waals surface area contributed by atoms with Gasteiger partial charge in [0.05, 0.1) is 23.2 Å².